The van der Waals surface area contributed by atoms with E-state index in [0.717, 1.165) is 11.4 Å². The quantitative estimate of drug-likeness (QED) is 0.596. The van der Waals surface area contributed by atoms with E-state index in [1.807, 2.05) is 36.4 Å². The molecule has 1 heterocycles. The third kappa shape index (κ3) is 2.19. The van der Waals surface area contributed by atoms with Crippen LogP contribution in [0.5, 0.6) is 5.75 Å². The van der Waals surface area contributed by atoms with E-state index in [-0.39, 0.29) is 12.5 Å². The molecule has 0 radical (unpaired) electrons. The maximum absolute atomic E-state index is 11.7. The lowest BCUT2D eigenvalue weighted by Crippen LogP contribution is -2.38. The molecule has 16 heavy (non-hydrogen) atoms. The highest BCUT2D eigenvalue weighted by Crippen LogP contribution is 2.31. The number of nitrogens with zero attached hydrogens (tertiary/aromatic N) is 1. The van der Waals surface area contributed by atoms with Crippen molar-refractivity contribution in [3.8, 4) is 5.75 Å². The summed E-state index contributed by atoms with van der Waals surface area (Å²) in [6.45, 7) is 0.637. The molecule has 1 aliphatic rings. The number of amides is 1. The Labute approximate surface area is 99.3 Å². The molecule has 0 fully saturated rings. The minimum atomic E-state index is -0.0297. The van der Waals surface area contributed by atoms with Gasteiger partial charge in [0.05, 0.1) is 5.69 Å². The second kappa shape index (κ2) is 5.03. The summed E-state index contributed by atoms with van der Waals surface area (Å²) in [6, 6.07) is 7.52. The van der Waals surface area contributed by atoms with Gasteiger partial charge in [-0.2, -0.15) is 0 Å². The number of carbonyl (C=O) groups excluding carboxylic acids is 1. The summed E-state index contributed by atoms with van der Waals surface area (Å²) in [5.41, 5.74) is 0.818. The van der Waals surface area contributed by atoms with Crippen molar-refractivity contribution < 1.29 is 9.53 Å². The van der Waals surface area contributed by atoms with Gasteiger partial charge in [0.1, 0.15) is 5.75 Å². The lowest BCUT2D eigenvalue weighted by molar-refractivity contribution is -0.121. The monoisotopic (exact) mass is 237 g/mol. The molecule has 84 valence electrons. The van der Waals surface area contributed by atoms with Gasteiger partial charge < -0.3 is 9.64 Å². The van der Waals surface area contributed by atoms with Gasteiger partial charge in [-0.05, 0) is 12.1 Å². The molecule has 0 aliphatic carbocycles. The Balaban J connectivity index is 2.23. The van der Waals surface area contributed by atoms with Crippen molar-refractivity contribution in [1.29, 1.82) is 0 Å². The van der Waals surface area contributed by atoms with Crippen molar-refractivity contribution in [2.24, 2.45) is 0 Å². The first-order valence-electron chi connectivity index (χ1n) is 5.06. The van der Waals surface area contributed by atoms with Crippen LogP contribution in [0.4, 0.5) is 5.69 Å². The second-order valence-corrected chi connectivity index (χ2v) is 3.70. The minimum absolute atomic E-state index is 0.0297. The van der Waals surface area contributed by atoms with Crippen molar-refractivity contribution in [2.45, 2.75) is 0 Å². The van der Waals surface area contributed by atoms with E-state index < -0.39 is 0 Å². The number of fused-ring (bicyclic) bond motifs is 1. The van der Waals surface area contributed by atoms with Gasteiger partial charge >= 0.3 is 0 Å². The summed E-state index contributed by atoms with van der Waals surface area (Å²) in [4.78, 5) is 13.4. The maximum atomic E-state index is 11.7. The first kappa shape index (κ1) is 11.0. The van der Waals surface area contributed by atoms with E-state index >= 15 is 0 Å². The highest BCUT2D eigenvalue weighted by molar-refractivity contribution is 6.18. The largest absolute Gasteiger partial charge is 0.482 e. The molecular formula is C12H12ClNO2. The summed E-state index contributed by atoms with van der Waals surface area (Å²) >= 11 is 5.54. The van der Waals surface area contributed by atoms with Gasteiger partial charge in [0, 0.05) is 12.4 Å². The van der Waals surface area contributed by atoms with E-state index in [4.69, 9.17) is 16.3 Å². The molecule has 0 bridgehead atoms. The number of benzene rings is 1. The molecule has 3 nitrogen and oxygen atoms in total. The standard InChI is InChI=1S/C12H12ClNO2/c13-7-3-4-8-14-10-5-1-2-6-11(10)16-9-12(14)15/h1-6H,7-9H2. The number of allylic oxidation sites excluding steroid dienone is 1. The lowest BCUT2D eigenvalue weighted by Gasteiger charge is -2.28. The Hall–Kier alpha value is -1.48. The number of halogens is 1. The number of anilines is 1. The van der Waals surface area contributed by atoms with Crippen molar-refractivity contribution in [3.05, 3.63) is 36.4 Å². The Morgan fingerprint density at radius 2 is 2.19 bits per heavy atom. The minimum Gasteiger partial charge on any atom is -0.482 e. The van der Waals surface area contributed by atoms with Gasteiger partial charge in [-0.3, -0.25) is 4.79 Å². The van der Waals surface area contributed by atoms with E-state index in [0.29, 0.717) is 12.4 Å². The third-order valence-electron chi connectivity index (χ3n) is 2.35. The first-order chi connectivity index (χ1) is 7.83. The molecule has 1 aromatic carbocycles. The van der Waals surface area contributed by atoms with Crippen molar-refractivity contribution >= 4 is 23.2 Å². The zero-order valence-electron chi connectivity index (χ0n) is 8.73. The average molecular weight is 238 g/mol. The number of hydrogen-bond acceptors (Lipinski definition) is 2. The van der Waals surface area contributed by atoms with Crippen molar-refractivity contribution in [2.75, 3.05) is 23.9 Å². The normalized spacial score (nSPS) is 15.1. The van der Waals surface area contributed by atoms with Crippen molar-refractivity contribution in [3.63, 3.8) is 0 Å². The molecular weight excluding hydrogens is 226 g/mol. The molecule has 0 atom stereocenters. The highest BCUT2D eigenvalue weighted by Gasteiger charge is 2.23. The molecule has 4 heteroatoms. The topological polar surface area (TPSA) is 29.5 Å². The summed E-state index contributed by atoms with van der Waals surface area (Å²) in [7, 11) is 0. The number of hydrogen-bond donors (Lipinski definition) is 0. The number of rotatable bonds is 3. The van der Waals surface area contributed by atoms with E-state index in [9.17, 15) is 4.79 Å². The fourth-order valence-electron chi connectivity index (χ4n) is 1.60. The van der Waals surface area contributed by atoms with Gasteiger partial charge in [-0.15, -0.1) is 11.6 Å². The van der Waals surface area contributed by atoms with Gasteiger partial charge in [-0.1, -0.05) is 24.3 Å². The predicted octanol–water partition coefficient (Wildman–Crippen LogP) is 2.21. The summed E-state index contributed by atoms with van der Waals surface area (Å²) < 4.78 is 5.33. The van der Waals surface area contributed by atoms with Crippen LogP contribution < -0.4 is 9.64 Å². The zero-order chi connectivity index (χ0) is 11.4. The fourth-order valence-corrected chi connectivity index (χ4v) is 1.72. The SMILES string of the molecule is O=C1COc2ccccc2N1CC=CCCl. The first-order valence-corrected chi connectivity index (χ1v) is 5.59. The number of para-hydroxylation sites is 2. The predicted molar refractivity (Wildman–Crippen MR) is 64.2 cm³/mol. The second-order valence-electron chi connectivity index (χ2n) is 3.39. The smallest absolute Gasteiger partial charge is 0.265 e. The van der Waals surface area contributed by atoms with Gasteiger partial charge in [0.2, 0.25) is 0 Å². The molecule has 0 unspecified atom stereocenters. The fraction of sp³-hybridized carbons (Fsp3) is 0.250. The molecule has 1 amide bonds. The third-order valence-corrected chi connectivity index (χ3v) is 2.53. The van der Waals surface area contributed by atoms with Crippen LogP contribution in [0.1, 0.15) is 0 Å². The number of alkyl halides is 1. The number of ether oxygens (including phenoxy) is 1. The Kier molecular flexibility index (Phi) is 3.47. The Bertz CT molecular complexity index is 417. The molecule has 0 spiro atoms. The van der Waals surface area contributed by atoms with Gasteiger partial charge in [0.15, 0.2) is 6.61 Å². The summed E-state index contributed by atoms with van der Waals surface area (Å²) in [5, 5.41) is 0. The average Bonchev–Trinajstić information content (AvgIpc) is 2.32. The zero-order valence-corrected chi connectivity index (χ0v) is 9.48. The summed E-state index contributed by atoms with van der Waals surface area (Å²) in [5.74, 6) is 1.18. The molecule has 1 aliphatic heterocycles. The van der Waals surface area contributed by atoms with Crippen LogP contribution in [0.15, 0.2) is 36.4 Å². The lowest BCUT2D eigenvalue weighted by atomic mass is 10.2. The molecule has 0 saturated carbocycles. The molecule has 1 aromatic rings. The van der Waals surface area contributed by atoms with Crippen LogP contribution in [0.2, 0.25) is 0 Å². The molecule has 0 aromatic heterocycles. The molecule has 0 N–H and O–H groups in total. The van der Waals surface area contributed by atoms with E-state index in [2.05, 4.69) is 0 Å². The van der Waals surface area contributed by atoms with Crippen LogP contribution in [0, 0.1) is 0 Å². The van der Waals surface area contributed by atoms with Crippen LogP contribution >= 0.6 is 11.6 Å². The van der Waals surface area contributed by atoms with Crippen LogP contribution in [0.25, 0.3) is 0 Å². The molecule has 0 saturated heterocycles. The van der Waals surface area contributed by atoms with Crippen LogP contribution in [-0.4, -0.2) is 24.9 Å². The van der Waals surface area contributed by atoms with Gasteiger partial charge in [-0.25, -0.2) is 0 Å². The Morgan fingerprint density at radius 1 is 1.38 bits per heavy atom. The summed E-state index contributed by atoms with van der Waals surface area (Å²) in [6.07, 6.45) is 3.71. The van der Waals surface area contributed by atoms with Crippen LogP contribution in [-0.2, 0) is 4.79 Å². The van der Waals surface area contributed by atoms with E-state index in [1.54, 1.807) is 4.90 Å². The molecule has 2 rings (SSSR count). The Morgan fingerprint density at radius 3 is 3.00 bits per heavy atom. The van der Waals surface area contributed by atoms with Gasteiger partial charge in [0.25, 0.3) is 5.91 Å². The maximum Gasteiger partial charge on any atom is 0.265 e. The highest BCUT2D eigenvalue weighted by atomic mass is 35.5. The van der Waals surface area contributed by atoms with Crippen molar-refractivity contribution in [1.82, 2.24) is 0 Å². The number of carbonyl (C=O) groups is 1. The van der Waals surface area contributed by atoms with Crippen LogP contribution in [0.3, 0.4) is 0 Å². The van der Waals surface area contributed by atoms with E-state index in [1.165, 1.54) is 0 Å².